The highest BCUT2D eigenvalue weighted by atomic mass is 19.4. The minimum Gasteiger partial charge on any atom is -0.347 e. The second-order valence-corrected chi connectivity index (χ2v) is 8.64. The van der Waals surface area contributed by atoms with Gasteiger partial charge in [0.2, 0.25) is 5.91 Å². The fraction of sp³-hybridized carbons (Fsp3) is 0.240. The number of hydrogen-bond acceptors (Lipinski definition) is 3. The molecule has 0 radical (unpaired) electrons. The number of aromatic nitrogens is 1. The number of benzene rings is 2. The maximum Gasteiger partial charge on any atom is 0.416 e. The summed E-state index contributed by atoms with van der Waals surface area (Å²) >= 11 is 0. The fourth-order valence-corrected chi connectivity index (χ4v) is 4.68. The lowest BCUT2D eigenvalue weighted by atomic mass is 9.99. The van der Waals surface area contributed by atoms with Gasteiger partial charge in [0.05, 0.1) is 22.9 Å². The number of nitrogens with zero attached hydrogens (tertiary/aromatic N) is 2. The van der Waals surface area contributed by atoms with Crippen molar-refractivity contribution in [3.63, 3.8) is 0 Å². The van der Waals surface area contributed by atoms with E-state index < -0.39 is 35.6 Å². The highest BCUT2D eigenvalue weighted by molar-refractivity contribution is 6.11. The average Bonchev–Trinajstić information content (AvgIpc) is 3.42. The topological polar surface area (TPSA) is 83.4 Å². The summed E-state index contributed by atoms with van der Waals surface area (Å²) in [5, 5.41) is 5.61. The standard InChI is InChI=1S/C25H21F3N4O3/c1-31-10-3-6-20(31)22(33)30-19-9-11-32-21(19)23(34)29-18-8-7-15(13-17(18)24(32)35)14-4-2-5-16(12-14)25(26,27)28/h2-8,10,12-13,19,21H,9,11H2,1H3,(H,29,34)(H,30,33)/t19-,21-/m0/s1. The number of carbonyl (C=O) groups excluding carboxylic acids is 3. The number of alkyl halides is 3. The van der Waals surface area contributed by atoms with Gasteiger partial charge in [-0.3, -0.25) is 14.4 Å². The van der Waals surface area contributed by atoms with Crippen molar-refractivity contribution in [3.8, 4) is 11.1 Å². The summed E-state index contributed by atoms with van der Waals surface area (Å²) in [7, 11) is 1.73. The molecule has 1 aromatic heterocycles. The maximum absolute atomic E-state index is 13.4. The number of rotatable bonds is 3. The van der Waals surface area contributed by atoms with E-state index in [4.69, 9.17) is 0 Å². The van der Waals surface area contributed by atoms with Crippen LogP contribution in [-0.4, -0.2) is 45.8 Å². The molecule has 35 heavy (non-hydrogen) atoms. The van der Waals surface area contributed by atoms with Crippen LogP contribution >= 0.6 is 0 Å². The van der Waals surface area contributed by atoms with Crippen molar-refractivity contribution in [1.82, 2.24) is 14.8 Å². The van der Waals surface area contributed by atoms with Gasteiger partial charge in [0.1, 0.15) is 11.7 Å². The van der Waals surface area contributed by atoms with Crippen LogP contribution in [0, 0.1) is 0 Å². The summed E-state index contributed by atoms with van der Waals surface area (Å²) in [5.74, 6) is -1.20. The lowest BCUT2D eigenvalue weighted by molar-refractivity contribution is -0.137. The first-order valence-corrected chi connectivity index (χ1v) is 11.0. The van der Waals surface area contributed by atoms with E-state index in [0.29, 0.717) is 23.2 Å². The number of anilines is 1. The van der Waals surface area contributed by atoms with Gasteiger partial charge in [0.25, 0.3) is 11.8 Å². The molecule has 3 aromatic rings. The first-order valence-electron chi connectivity index (χ1n) is 11.0. The van der Waals surface area contributed by atoms with Crippen molar-refractivity contribution >= 4 is 23.4 Å². The van der Waals surface area contributed by atoms with Crippen LogP contribution < -0.4 is 10.6 Å². The molecular weight excluding hydrogens is 461 g/mol. The number of fused-ring (bicyclic) bond motifs is 2. The first-order chi connectivity index (χ1) is 16.6. The Labute approximate surface area is 198 Å². The number of aryl methyl sites for hydroxylation is 1. The minimum atomic E-state index is -4.49. The summed E-state index contributed by atoms with van der Waals surface area (Å²) in [4.78, 5) is 40.6. The maximum atomic E-state index is 13.4. The molecule has 0 bridgehead atoms. The Morgan fingerprint density at radius 3 is 2.54 bits per heavy atom. The van der Waals surface area contributed by atoms with Crippen molar-refractivity contribution in [2.24, 2.45) is 7.05 Å². The predicted octanol–water partition coefficient (Wildman–Crippen LogP) is 3.68. The van der Waals surface area contributed by atoms with E-state index in [9.17, 15) is 27.6 Å². The monoisotopic (exact) mass is 482 g/mol. The average molecular weight is 482 g/mol. The summed E-state index contributed by atoms with van der Waals surface area (Å²) in [6.07, 6.45) is -2.37. The Bertz CT molecular complexity index is 1350. The second-order valence-electron chi connectivity index (χ2n) is 8.64. The van der Waals surface area contributed by atoms with E-state index in [1.54, 1.807) is 36.0 Å². The molecule has 0 saturated carbocycles. The lowest BCUT2D eigenvalue weighted by Gasteiger charge is -2.25. The molecule has 2 aliphatic heterocycles. The Morgan fingerprint density at radius 2 is 1.83 bits per heavy atom. The molecule has 2 N–H and O–H groups in total. The van der Waals surface area contributed by atoms with Gasteiger partial charge in [0, 0.05) is 19.8 Å². The number of halogens is 3. The summed E-state index contributed by atoms with van der Waals surface area (Å²) < 4.78 is 41.1. The highest BCUT2D eigenvalue weighted by Gasteiger charge is 2.45. The SMILES string of the molecule is Cn1cccc1C(=O)N[C@H]1CCN2C(=O)c3cc(-c4cccc(C(F)(F)F)c4)ccc3NC(=O)[C@H]12. The second kappa shape index (κ2) is 8.30. The van der Waals surface area contributed by atoms with E-state index in [2.05, 4.69) is 10.6 Å². The molecule has 5 rings (SSSR count). The molecule has 0 aliphatic carbocycles. The predicted molar refractivity (Wildman–Crippen MR) is 122 cm³/mol. The van der Waals surface area contributed by atoms with Crippen LogP contribution in [-0.2, 0) is 18.0 Å². The Hall–Kier alpha value is -4.08. The molecule has 180 valence electrons. The van der Waals surface area contributed by atoms with Crippen LogP contribution in [0.4, 0.5) is 18.9 Å². The Balaban J connectivity index is 1.44. The molecule has 2 atom stereocenters. The molecule has 0 unspecified atom stereocenters. The van der Waals surface area contributed by atoms with Gasteiger partial charge in [-0.15, -0.1) is 0 Å². The van der Waals surface area contributed by atoms with Gasteiger partial charge in [0.15, 0.2) is 0 Å². The first kappa shape index (κ1) is 22.7. The molecule has 3 heterocycles. The summed E-state index contributed by atoms with van der Waals surface area (Å²) in [6, 6.07) is 11.3. The summed E-state index contributed by atoms with van der Waals surface area (Å²) in [6.45, 7) is 0.252. The van der Waals surface area contributed by atoms with Crippen LogP contribution in [0.25, 0.3) is 11.1 Å². The molecule has 7 nitrogen and oxygen atoms in total. The fourth-order valence-electron chi connectivity index (χ4n) is 4.68. The quantitative estimate of drug-likeness (QED) is 0.598. The number of nitrogens with one attached hydrogen (secondary N) is 2. The smallest absolute Gasteiger partial charge is 0.347 e. The highest BCUT2D eigenvalue weighted by Crippen LogP contribution is 2.35. The largest absolute Gasteiger partial charge is 0.416 e. The molecule has 1 saturated heterocycles. The van der Waals surface area contributed by atoms with Gasteiger partial charge in [-0.1, -0.05) is 18.2 Å². The third-order valence-corrected chi connectivity index (χ3v) is 6.45. The number of carbonyl (C=O) groups is 3. The van der Waals surface area contributed by atoms with Crippen molar-refractivity contribution in [1.29, 1.82) is 0 Å². The van der Waals surface area contributed by atoms with E-state index in [1.165, 1.54) is 29.2 Å². The van der Waals surface area contributed by atoms with Gasteiger partial charge in [-0.25, -0.2) is 0 Å². The van der Waals surface area contributed by atoms with Gasteiger partial charge < -0.3 is 20.1 Å². The minimum absolute atomic E-state index is 0.185. The zero-order chi connectivity index (χ0) is 24.9. The van der Waals surface area contributed by atoms with Crippen molar-refractivity contribution < 1.29 is 27.6 Å². The molecule has 3 amide bonds. The van der Waals surface area contributed by atoms with E-state index >= 15 is 0 Å². The lowest BCUT2D eigenvalue weighted by Crippen LogP contribution is -2.51. The van der Waals surface area contributed by atoms with Gasteiger partial charge >= 0.3 is 6.18 Å². The van der Waals surface area contributed by atoms with Crippen molar-refractivity contribution in [3.05, 3.63) is 77.6 Å². The number of hydrogen-bond donors (Lipinski definition) is 2. The van der Waals surface area contributed by atoms with E-state index in [1.807, 2.05) is 0 Å². The van der Waals surface area contributed by atoms with Crippen LogP contribution in [0.15, 0.2) is 60.8 Å². The van der Waals surface area contributed by atoms with Crippen molar-refractivity contribution in [2.75, 3.05) is 11.9 Å². The Morgan fingerprint density at radius 1 is 1.06 bits per heavy atom. The third-order valence-electron chi connectivity index (χ3n) is 6.45. The zero-order valence-electron chi connectivity index (χ0n) is 18.6. The van der Waals surface area contributed by atoms with Crippen molar-refractivity contribution in [2.45, 2.75) is 24.7 Å². The summed E-state index contributed by atoms with van der Waals surface area (Å²) in [5.41, 5.74) is 0.821. The van der Waals surface area contributed by atoms with Gasteiger partial charge in [-0.05, 0) is 53.9 Å². The molecule has 10 heteroatoms. The molecule has 1 fully saturated rings. The third kappa shape index (κ3) is 4.05. The van der Waals surface area contributed by atoms with Crippen LogP contribution in [0.5, 0.6) is 0 Å². The Kier molecular flexibility index (Phi) is 5.38. The van der Waals surface area contributed by atoms with Crippen LogP contribution in [0.1, 0.15) is 32.8 Å². The van der Waals surface area contributed by atoms with E-state index in [-0.39, 0.29) is 23.7 Å². The molecular formula is C25H21F3N4O3. The normalized spacial score (nSPS) is 19.6. The van der Waals surface area contributed by atoms with Crippen LogP contribution in [0.3, 0.4) is 0 Å². The van der Waals surface area contributed by atoms with Crippen LogP contribution in [0.2, 0.25) is 0 Å². The van der Waals surface area contributed by atoms with Gasteiger partial charge in [-0.2, -0.15) is 13.2 Å². The zero-order valence-corrected chi connectivity index (χ0v) is 18.6. The molecule has 2 aromatic carbocycles. The molecule has 2 aliphatic rings. The molecule has 0 spiro atoms. The van der Waals surface area contributed by atoms with E-state index in [0.717, 1.165) is 12.1 Å². The number of amides is 3.